The van der Waals surface area contributed by atoms with Crippen LogP contribution in [0.5, 0.6) is 0 Å². The monoisotopic (exact) mass is 496 g/mol. The van der Waals surface area contributed by atoms with Gasteiger partial charge in [-0.2, -0.15) is 0 Å². The molecule has 1 heteroatoms. The van der Waals surface area contributed by atoms with Gasteiger partial charge in [-0.05, 0) is 62.3 Å². The van der Waals surface area contributed by atoms with Crippen LogP contribution in [0.4, 0.5) is 0 Å². The standard InChI is InChI=1S/C10H21N.C9H18.5C2H6.4CH4/c1-6-11-9(4)7(2)8(3)10(11)5;1-6-5-7(2)9(4)8(6)3;5*1-2;;;;/h7-10H,6H2,1-5H3;6-9H,5H2,1-4H3;5*1-2H3;4*1H4/t7-,8+,9-,10+;6-,7+,8-,9+;;;;;;;;;. The van der Waals surface area contributed by atoms with E-state index in [-0.39, 0.29) is 29.7 Å². The van der Waals surface area contributed by atoms with Crippen LogP contribution in [0.2, 0.25) is 0 Å². The summed E-state index contributed by atoms with van der Waals surface area (Å²) in [4.78, 5) is 2.61. The highest BCUT2D eigenvalue weighted by molar-refractivity contribution is 4.91. The SMILES string of the molecule is C.C.C.C.CC.CC.CC.CC.CC.CCN1[C@H](C)[C@H](C)[C@H](C)[C@@H]1C.C[C@@H]1[C@H](C)[C@H](C)C[C@@H]1C. The van der Waals surface area contributed by atoms with Gasteiger partial charge < -0.3 is 0 Å². The summed E-state index contributed by atoms with van der Waals surface area (Å²) in [7, 11) is 0. The van der Waals surface area contributed by atoms with Crippen molar-refractivity contribution >= 4 is 0 Å². The predicted molar refractivity (Wildman–Crippen MR) is 175 cm³/mol. The lowest BCUT2D eigenvalue weighted by molar-refractivity contribution is 0.209. The second kappa shape index (κ2) is 40.1. The first-order valence-electron chi connectivity index (χ1n) is 14.0. The predicted octanol–water partition coefficient (Wildman–Crippen LogP) is 13.0. The van der Waals surface area contributed by atoms with Gasteiger partial charge in [0.15, 0.2) is 0 Å². The fourth-order valence-corrected chi connectivity index (χ4v) is 4.48. The highest BCUT2D eigenvalue weighted by Crippen LogP contribution is 2.40. The number of hydrogen-bond donors (Lipinski definition) is 0. The van der Waals surface area contributed by atoms with E-state index in [0.717, 1.165) is 47.6 Å². The third kappa shape index (κ3) is 21.3. The molecule has 0 spiro atoms. The summed E-state index contributed by atoms with van der Waals surface area (Å²) in [5.41, 5.74) is 0. The van der Waals surface area contributed by atoms with Crippen molar-refractivity contribution in [3.63, 3.8) is 0 Å². The topological polar surface area (TPSA) is 3.24 Å². The molecule has 222 valence electrons. The van der Waals surface area contributed by atoms with Gasteiger partial charge in [0, 0.05) is 12.1 Å². The Morgan fingerprint density at radius 3 is 0.735 bits per heavy atom. The summed E-state index contributed by atoms with van der Waals surface area (Å²) < 4.78 is 0. The van der Waals surface area contributed by atoms with E-state index in [4.69, 9.17) is 0 Å². The second-order valence-corrected chi connectivity index (χ2v) is 7.94. The van der Waals surface area contributed by atoms with Crippen LogP contribution in [-0.4, -0.2) is 23.5 Å². The van der Waals surface area contributed by atoms with Crippen LogP contribution in [0.3, 0.4) is 0 Å². The fourth-order valence-electron chi connectivity index (χ4n) is 4.48. The van der Waals surface area contributed by atoms with E-state index in [2.05, 4.69) is 67.2 Å². The lowest BCUT2D eigenvalue weighted by atomic mass is 9.92. The molecule has 34 heavy (non-hydrogen) atoms. The molecule has 2 fully saturated rings. The molecule has 0 aromatic heterocycles. The van der Waals surface area contributed by atoms with Crippen LogP contribution in [0.15, 0.2) is 0 Å². The molecule has 0 amide bonds. The largest absolute Gasteiger partial charge is 0.298 e. The third-order valence-corrected chi connectivity index (χ3v) is 7.13. The first-order valence-corrected chi connectivity index (χ1v) is 14.0. The lowest BCUT2D eigenvalue weighted by Gasteiger charge is -2.25. The lowest BCUT2D eigenvalue weighted by Crippen LogP contribution is -2.34. The van der Waals surface area contributed by atoms with Crippen LogP contribution < -0.4 is 0 Å². The highest BCUT2D eigenvalue weighted by atomic mass is 15.2. The van der Waals surface area contributed by atoms with Crippen molar-refractivity contribution < 1.29 is 0 Å². The zero-order chi connectivity index (χ0) is 25.6. The Hall–Kier alpha value is -0.0400. The number of nitrogens with zero attached hydrogens (tertiary/aromatic N) is 1. The molecule has 2 rings (SSSR count). The Morgan fingerprint density at radius 1 is 0.441 bits per heavy atom. The van der Waals surface area contributed by atoms with Gasteiger partial charge in [-0.15, -0.1) is 0 Å². The Morgan fingerprint density at radius 2 is 0.647 bits per heavy atom. The van der Waals surface area contributed by atoms with E-state index in [1.807, 2.05) is 69.2 Å². The molecule has 0 aromatic carbocycles. The van der Waals surface area contributed by atoms with Gasteiger partial charge in [0.05, 0.1) is 0 Å². The molecule has 0 bridgehead atoms. The molecule has 1 saturated carbocycles. The van der Waals surface area contributed by atoms with Crippen LogP contribution in [-0.2, 0) is 0 Å². The normalized spacial score (nSPS) is 29.7. The molecule has 0 N–H and O–H groups in total. The maximum Gasteiger partial charge on any atom is 0.00984 e. The van der Waals surface area contributed by atoms with E-state index in [1.54, 1.807) is 0 Å². The number of hydrogen-bond acceptors (Lipinski definition) is 1. The van der Waals surface area contributed by atoms with Gasteiger partial charge in [0.1, 0.15) is 0 Å². The van der Waals surface area contributed by atoms with Crippen molar-refractivity contribution in [3.05, 3.63) is 0 Å². The third-order valence-electron chi connectivity index (χ3n) is 7.13. The number of likely N-dealkylation sites (tertiary alicyclic amines) is 1. The smallest absolute Gasteiger partial charge is 0.00984 e. The first kappa shape index (κ1) is 59.2. The van der Waals surface area contributed by atoms with E-state index in [9.17, 15) is 0 Å². The molecule has 2 aliphatic rings. The quantitative estimate of drug-likeness (QED) is 0.349. The van der Waals surface area contributed by atoms with E-state index >= 15 is 0 Å². The average Bonchev–Trinajstić information content (AvgIpc) is 3.15. The molecule has 0 radical (unpaired) electrons. The van der Waals surface area contributed by atoms with Crippen molar-refractivity contribution in [2.24, 2.45) is 35.5 Å². The second-order valence-electron chi connectivity index (χ2n) is 7.94. The molecule has 1 nitrogen and oxygen atoms in total. The summed E-state index contributed by atoms with van der Waals surface area (Å²) in [5, 5.41) is 0. The van der Waals surface area contributed by atoms with Crippen molar-refractivity contribution in [3.8, 4) is 0 Å². The molecule has 1 aliphatic carbocycles. The minimum absolute atomic E-state index is 0. The summed E-state index contributed by atoms with van der Waals surface area (Å²) in [6.07, 6.45) is 1.45. The maximum absolute atomic E-state index is 2.61. The van der Waals surface area contributed by atoms with Crippen molar-refractivity contribution in [1.29, 1.82) is 0 Å². The molecular formula is C33H85N. The molecule has 8 atom stereocenters. The van der Waals surface area contributed by atoms with Gasteiger partial charge in [-0.25, -0.2) is 0 Å². The molecule has 1 saturated heterocycles. The van der Waals surface area contributed by atoms with E-state index < -0.39 is 0 Å². The average molecular weight is 496 g/mol. The van der Waals surface area contributed by atoms with Gasteiger partial charge in [0.2, 0.25) is 0 Å². The molecular weight excluding hydrogens is 410 g/mol. The Labute approximate surface area is 226 Å². The molecule has 1 aliphatic heterocycles. The zero-order valence-corrected chi connectivity index (χ0v) is 25.5. The minimum Gasteiger partial charge on any atom is -0.298 e. The first-order chi connectivity index (χ1) is 14.2. The van der Waals surface area contributed by atoms with Crippen LogP contribution in [0.25, 0.3) is 0 Å². The molecule has 1 heterocycles. The van der Waals surface area contributed by atoms with Crippen molar-refractivity contribution in [2.45, 2.75) is 180 Å². The molecule has 0 aromatic rings. The van der Waals surface area contributed by atoms with Crippen LogP contribution in [0, 0.1) is 35.5 Å². The Kier molecular flexibility index (Phi) is 69.9. The van der Waals surface area contributed by atoms with Crippen LogP contribution >= 0.6 is 0 Å². The van der Waals surface area contributed by atoms with E-state index in [1.165, 1.54) is 13.0 Å². The van der Waals surface area contributed by atoms with Gasteiger partial charge >= 0.3 is 0 Å². The van der Waals surface area contributed by atoms with E-state index in [0.29, 0.717) is 0 Å². The summed E-state index contributed by atoms with van der Waals surface area (Å²) >= 11 is 0. The summed E-state index contributed by atoms with van der Waals surface area (Å²) in [5.74, 6) is 5.58. The van der Waals surface area contributed by atoms with Crippen LogP contribution in [0.1, 0.15) is 168 Å². The molecule has 0 unspecified atom stereocenters. The van der Waals surface area contributed by atoms with Gasteiger partial charge in [-0.1, -0.05) is 147 Å². The highest BCUT2D eigenvalue weighted by Gasteiger charge is 2.38. The Bertz CT molecular complexity index is 262. The summed E-state index contributed by atoms with van der Waals surface area (Å²) in [6, 6.07) is 1.56. The summed E-state index contributed by atoms with van der Waals surface area (Å²) in [6.45, 7) is 42.5. The minimum atomic E-state index is 0. The maximum atomic E-state index is 2.61. The van der Waals surface area contributed by atoms with Crippen molar-refractivity contribution in [2.75, 3.05) is 6.54 Å². The fraction of sp³-hybridized carbons (Fsp3) is 1.00. The zero-order valence-electron chi connectivity index (χ0n) is 25.5. The Balaban J connectivity index is -0.0000000355. The van der Waals surface area contributed by atoms with Gasteiger partial charge in [-0.3, -0.25) is 4.90 Å². The number of rotatable bonds is 1. The van der Waals surface area contributed by atoms with Gasteiger partial charge in [0.25, 0.3) is 0 Å². The van der Waals surface area contributed by atoms with Crippen molar-refractivity contribution in [1.82, 2.24) is 4.90 Å².